The molecular weight excluding hydrogens is 372 g/mol. The van der Waals surface area contributed by atoms with Gasteiger partial charge in [-0.25, -0.2) is 5.48 Å². The van der Waals surface area contributed by atoms with Gasteiger partial charge in [0.2, 0.25) is 5.91 Å². The minimum absolute atomic E-state index is 0.0406. The second-order valence-corrected chi connectivity index (χ2v) is 7.39. The van der Waals surface area contributed by atoms with Crippen LogP contribution in [0.1, 0.15) is 40.4 Å². The number of hydroxylamine groups is 1. The first-order valence-electron chi connectivity index (χ1n) is 9.81. The first-order valence-corrected chi connectivity index (χ1v) is 9.81. The number of nitrogens with one attached hydrogen (secondary N) is 1. The third kappa shape index (κ3) is 4.26. The van der Waals surface area contributed by atoms with E-state index in [-0.39, 0.29) is 17.9 Å². The molecule has 29 heavy (non-hydrogen) atoms. The van der Waals surface area contributed by atoms with Crippen molar-refractivity contribution in [2.75, 3.05) is 19.8 Å². The summed E-state index contributed by atoms with van der Waals surface area (Å²) in [7, 11) is 0. The summed E-state index contributed by atoms with van der Waals surface area (Å²) >= 11 is 0. The van der Waals surface area contributed by atoms with E-state index in [4.69, 9.17) is 14.7 Å². The molecule has 2 heterocycles. The fourth-order valence-electron chi connectivity index (χ4n) is 3.87. The van der Waals surface area contributed by atoms with Gasteiger partial charge in [0.1, 0.15) is 11.9 Å². The topological polar surface area (TPSA) is 88.1 Å². The van der Waals surface area contributed by atoms with Crippen molar-refractivity contribution in [2.24, 2.45) is 5.92 Å². The van der Waals surface area contributed by atoms with Gasteiger partial charge in [-0.05, 0) is 30.5 Å². The minimum atomic E-state index is -0.605. The summed E-state index contributed by atoms with van der Waals surface area (Å²) < 4.78 is 11.7. The summed E-state index contributed by atoms with van der Waals surface area (Å²) in [5.74, 6) is 0.0123. The van der Waals surface area contributed by atoms with Gasteiger partial charge < -0.3 is 14.4 Å². The molecule has 7 nitrogen and oxygen atoms in total. The van der Waals surface area contributed by atoms with Gasteiger partial charge >= 0.3 is 0 Å². The van der Waals surface area contributed by atoms with E-state index in [2.05, 4.69) is 0 Å². The maximum atomic E-state index is 13.2. The quantitative estimate of drug-likeness (QED) is 0.615. The molecule has 0 aromatic heterocycles. The molecule has 2 aliphatic rings. The van der Waals surface area contributed by atoms with E-state index in [1.165, 1.54) is 0 Å². The molecule has 0 unspecified atom stereocenters. The zero-order chi connectivity index (χ0) is 20.2. The maximum Gasteiger partial charge on any atom is 0.274 e. The lowest BCUT2D eigenvalue weighted by Crippen LogP contribution is -2.40. The summed E-state index contributed by atoms with van der Waals surface area (Å²) in [5.41, 5.74) is 3.73. The smallest absolute Gasteiger partial charge is 0.274 e. The highest BCUT2D eigenvalue weighted by atomic mass is 16.5. The molecule has 7 heteroatoms. The highest BCUT2D eigenvalue weighted by Crippen LogP contribution is 2.33. The zero-order valence-corrected chi connectivity index (χ0v) is 16.0. The van der Waals surface area contributed by atoms with E-state index in [0.717, 1.165) is 24.0 Å². The number of carbonyl (C=O) groups excluding carboxylic acids is 2. The molecule has 4 rings (SSSR count). The summed E-state index contributed by atoms with van der Waals surface area (Å²) in [4.78, 5) is 26.9. The Morgan fingerprint density at radius 3 is 2.55 bits per heavy atom. The van der Waals surface area contributed by atoms with E-state index in [1.807, 2.05) is 35.2 Å². The minimum Gasteiger partial charge on any atom is -0.483 e. The number of ether oxygens (including phenoxy) is 2. The van der Waals surface area contributed by atoms with Gasteiger partial charge in [0.15, 0.2) is 0 Å². The molecule has 2 amide bonds. The van der Waals surface area contributed by atoms with E-state index < -0.39 is 5.91 Å². The van der Waals surface area contributed by atoms with Crippen LogP contribution in [0.25, 0.3) is 0 Å². The van der Waals surface area contributed by atoms with E-state index in [1.54, 1.807) is 23.7 Å². The summed E-state index contributed by atoms with van der Waals surface area (Å²) in [6, 6.07) is 14.7. The van der Waals surface area contributed by atoms with Gasteiger partial charge in [0.05, 0.1) is 6.54 Å². The Balaban J connectivity index is 1.67. The summed E-state index contributed by atoms with van der Waals surface area (Å²) in [6.45, 7) is 2.06. The number of hydrogen-bond donors (Lipinski definition) is 2. The Labute approximate surface area is 169 Å². The Bertz CT molecular complexity index is 880. The van der Waals surface area contributed by atoms with Crippen molar-refractivity contribution in [1.29, 1.82) is 0 Å². The highest BCUT2D eigenvalue weighted by molar-refractivity contribution is 5.93. The lowest BCUT2D eigenvalue weighted by molar-refractivity contribution is -0.140. The number of nitrogens with zero attached hydrogens (tertiary/aromatic N) is 1. The van der Waals surface area contributed by atoms with E-state index in [9.17, 15) is 9.59 Å². The average molecular weight is 396 g/mol. The predicted octanol–water partition coefficient (Wildman–Crippen LogP) is 2.69. The number of carbonyl (C=O) groups is 2. The molecule has 2 N–H and O–H groups in total. The molecule has 2 aliphatic heterocycles. The number of rotatable bonds is 3. The third-order valence-electron chi connectivity index (χ3n) is 5.50. The molecule has 0 bridgehead atoms. The first kappa shape index (κ1) is 19.4. The Hall–Kier alpha value is -2.90. The number of benzene rings is 2. The highest BCUT2D eigenvalue weighted by Gasteiger charge is 2.32. The fraction of sp³-hybridized carbons (Fsp3) is 0.364. The maximum absolute atomic E-state index is 13.2. The van der Waals surface area contributed by atoms with Crippen molar-refractivity contribution in [1.82, 2.24) is 10.4 Å². The van der Waals surface area contributed by atoms with Crippen LogP contribution in [0.5, 0.6) is 5.75 Å². The summed E-state index contributed by atoms with van der Waals surface area (Å²) in [6.07, 6.45) is 1.11. The van der Waals surface area contributed by atoms with Crippen LogP contribution in [0, 0.1) is 5.92 Å². The predicted molar refractivity (Wildman–Crippen MR) is 104 cm³/mol. The van der Waals surface area contributed by atoms with Crippen LogP contribution in [0.2, 0.25) is 0 Å². The molecule has 1 atom stereocenters. The standard InChI is InChI=1S/C22H24N2O5/c25-21(23-27)17-6-7-18-13-24(22(26)16-8-10-28-11-9-16)14-20(29-19(18)12-17)15-4-2-1-3-5-15/h1-7,12,16,20,27H,8-11,13-14H2,(H,23,25)/t20-/m0/s1. The van der Waals surface area contributed by atoms with Crippen LogP contribution in [0.15, 0.2) is 48.5 Å². The molecule has 152 valence electrons. The Morgan fingerprint density at radius 2 is 1.83 bits per heavy atom. The zero-order valence-electron chi connectivity index (χ0n) is 16.0. The van der Waals surface area contributed by atoms with Gasteiger partial charge in [-0.2, -0.15) is 0 Å². The normalized spacial score (nSPS) is 19.6. The van der Waals surface area contributed by atoms with Crippen molar-refractivity contribution < 1.29 is 24.3 Å². The second-order valence-electron chi connectivity index (χ2n) is 7.39. The van der Waals surface area contributed by atoms with Crippen LogP contribution in [0.4, 0.5) is 0 Å². The third-order valence-corrected chi connectivity index (χ3v) is 5.50. The lowest BCUT2D eigenvalue weighted by Gasteiger charge is -2.30. The average Bonchev–Trinajstić information content (AvgIpc) is 2.98. The van der Waals surface area contributed by atoms with Crippen molar-refractivity contribution in [2.45, 2.75) is 25.5 Å². The van der Waals surface area contributed by atoms with Gasteiger partial charge in [0.25, 0.3) is 5.91 Å². The Kier molecular flexibility index (Phi) is 5.78. The molecule has 0 spiro atoms. The van der Waals surface area contributed by atoms with Gasteiger partial charge in [0, 0.05) is 36.8 Å². The molecule has 0 saturated carbocycles. The molecule has 2 aromatic rings. The largest absolute Gasteiger partial charge is 0.483 e. The molecule has 1 fully saturated rings. The van der Waals surface area contributed by atoms with Gasteiger partial charge in [-0.15, -0.1) is 0 Å². The van der Waals surface area contributed by atoms with Crippen LogP contribution in [0.3, 0.4) is 0 Å². The van der Waals surface area contributed by atoms with Gasteiger partial charge in [-0.1, -0.05) is 36.4 Å². The molecule has 2 aromatic carbocycles. The fourth-order valence-corrected chi connectivity index (χ4v) is 3.87. The SMILES string of the molecule is O=C(NO)c1ccc2c(c1)O[C@H](c1ccccc1)CN(C(=O)C1CCOCC1)C2. The van der Waals surface area contributed by atoms with Crippen LogP contribution < -0.4 is 10.2 Å². The number of fused-ring (bicyclic) bond motifs is 1. The molecule has 0 radical (unpaired) electrons. The molecule has 1 saturated heterocycles. The first-order chi connectivity index (χ1) is 14.2. The van der Waals surface area contributed by atoms with Crippen molar-refractivity contribution in [3.63, 3.8) is 0 Å². The number of amides is 2. The van der Waals surface area contributed by atoms with Crippen molar-refractivity contribution in [3.05, 3.63) is 65.2 Å². The second kappa shape index (κ2) is 8.63. The summed E-state index contributed by atoms with van der Waals surface area (Å²) in [5, 5.41) is 8.93. The molecular formula is C22H24N2O5. The lowest BCUT2D eigenvalue weighted by atomic mass is 9.98. The van der Waals surface area contributed by atoms with Crippen LogP contribution in [-0.2, 0) is 16.1 Å². The molecule has 0 aliphatic carbocycles. The van der Waals surface area contributed by atoms with E-state index in [0.29, 0.717) is 37.6 Å². The Morgan fingerprint density at radius 1 is 1.07 bits per heavy atom. The van der Waals surface area contributed by atoms with Crippen molar-refractivity contribution >= 4 is 11.8 Å². The van der Waals surface area contributed by atoms with Crippen LogP contribution >= 0.6 is 0 Å². The number of hydrogen-bond acceptors (Lipinski definition) is 5. The van der Waals surface area contributed by atoms with Gasteiger partial charge in [-0.3, -0.25) is 14.8 Å². The van der Waals surface area contributed by atoms with Crippen molar-refractivity contribution in [3.8, 4) is 5.75 Å². The van der Waals surface area contributed by atoms with Crippen LogP contribution in [-0.4, -0.2) is 41.7 Å². The monoisotopic (exact) mass is 396 g/mol. The van der Waals surface area contributed by atoms with E-state index >= 15 is 0 Å².